The Morgan fingerprint density at radius 2 is 2.03 bits per heavy atom. The number of hydrogen-bond donors (Lipinski definition) is 3. The minimum Gasteiger partial charge on any atom is -0.358 e. The largest absolute Gasteiger partial charge is 0.358 e. The highest BCUT2D eigenvalue weighted by Gasteiger charge is 2.24. The smallest absolute Gasteiger partial charge is 0.233 e. The number of pyridine rings is 1. The first-order valence-electron chi connectivity index (χ1n) is 11.4. The molecular weight excluding hydrogens is 400 g/mol. The number of benzene rings is 1. The third-order valence-corrected chi connectivity index (χ3v) is 6.77. The highest BCUT2D eigenvalue weighted by atomic mass is 16.1. The summed E-state index contributed by atoms with van der Waals surface area (Å²) in [6, 6.07) is 8.95. The Morgan fingerprint density at radius 3 is 2.78 bits per heavy atom. The first-order valence-corrected chi connectivity index (χ1v) is 11.4. The lowest BCUT2D eigenvalue weighted by atomic mass is 9.87. The molecular formula is C25H30N6O. The van der Waals surface area contributed by atoms with E-state index in [1.165, 1.54) is 16.5 Å². The molecule has 0 spiro atoms. The number of amides is 1. The molecule has 4 aromatic rings. The average molecular weight is 431 g/mol. The van der Waals surface area contributed by atoms with Crippen LogP contribution in [0.3, 0.4) is 0 Å². The van der Waals surface area contributed by atoms with Crippen LogP contribution in [0.4, 0.5) is 0 Å². The molecule has 1 amide bonds. The van der Waals surface area contributed by atoms with Gasteiger partial charge >= 0.3 is 0 Å². The van der Waals surface area contributed by atoms with Crippen LogP contribution in [-0.2, 0) is 4.79 Å². The number of H-pyrrole nitrogens is 2. The molecule has 7 heteroatoms. The molecule has 166 valence electrons. The molecule has 7 nitrogen and oxygen atoms in total. The van der Waals surface area contributed by atoms with Crippen molar-refractivity contribution in [1.29, 1.82) is 0 Å². The zero-order valence-electron chi connectivity index (χ0n) is 18.9. The summed E-state index contributed by atoms with van der Waals surface area (Å²) < 4.78 is 0. The molecule has 0 radical (unpaired) electrons. The molecule has 1 aromatic carbocycles. The number of carbonyl (C=O) groups is 1. The monoisotopic (exact) mass is 430 g/mol. The lowest BCUT2D eigenvalue weighted by Gasteiger charge is -2.31. The predicted molar refractivity (Wildman–Crippen MR) is 128 cm³/mol. The highest BCUT2D eigenvalue weighted by molar-refractivity contribution is 5.98. The van der Waals surface area contributed by atoms with Crippen molar-refractivity contribution in [3.8, 4) is 11.3 Å². The van der Waals surface area contributed by atoms with E-state index in [0.29, 0.717) is 18.4 Å². The quantitative estimate of drug-likeness (QED) is 0.444. The van der Waals surface area contributed by atoms with Crippen LogP contribution in [-0.4, -0.2) is 57.7 Å². The van der Waals surface area contributed by atoms with Gasteiger partial charge in [-0.3, -0.25) is 14.8 Å². The van der Waals surface area contributed by atoms with Crippen LogP contribution in [0.5, 0.6) is 0 Å². The number of fused-ring (bicyclic) bond motifs is 2. The summed E-state index contributed by atoms with van der Waals surface area (Å²) >= 11 is 0. The Hall–Kier alpha value is -3.19. The maximum atomic E-state index is 11.7. The molecule has 0 atom stereocenters. The van der Waals surface area contributed by atoms with Crippen molar-refractivity contribution >= 4 is 27.8 Å². The minimum absolute atomic E-state index is 0.0918. The zero-order valence-corrected chi connectivity index (χ0v) is 18.9. The molecule has 1 fully saturated rings. The molecule has 0 saturated carbocycles. The van der Waals surface area contributed by atoms with Crippen LogP contribution in [0.25, 0.3) is 33.2 Å². The van der Waals surface area contributed by atoms with Crippen molar-refractivity contribution in [1.82, 2.24) is 30.4 Å². The molecule has 3 aromatic heterocycles. The summed E-state index contributed by atoms with van der Waals surface area (Å²) in [5, 5.41) is 12.2. The van der Waals surface area contributed by atoms with Gasteiger partial charge in [0.25, 0.3) is 0 Å². The second kappa shape index (κ2) is 8.39. The van der Waals surface area contributed by atoms with Crippen molar-refractivity contribution in [3.63, 3.8) is 0 Å². The molecule has 0 aliphatic carbocycles. The van der Waals surface area contributed by atoms with Gasteiger partial charge in [0.1, 0.15) is 0 Å². The number of carbonyl (C=O) groups excluding carboxylic acids is 1. The third kappa shape index (κ3) is 3.66. The Bertz CT molecular complexity index is 1260. The van der Waals surface area contributed by atoms with Gasteiger partial charge in [-0.1, -0.05) is 19.9 Å². The molecule has 1 aliphatic heterocycles. The van der Waals surface area contributed by atoms with E-state index in [4.69, 9.17) is 0 Å². The fourth-order valence-corrected chi connectivity index (χ4v) is 5.07. The maximum Gasteiger partial charge on any atom is 0.233 e. The van der Waals surface area contributed by atoms with Gasteiger partial charge in [0.15, 0.2) is 5.65 Å². The summed E-state index contributed by atoms with van der Waals surface area (Å²) in [7, 11) is 1.70. The van der Waals surface area contributed by atoms with Crippen molar-refractivity contribution in [2.75, 3.05) is 26.7 Å². The lowest BCUT2D eigenvalue weighted by molar-refractivity contribution is -0.122. The first kappa shape index (κ1) is 20.7. The van der Waals surface area contributed by atoms with E-state index < -0.39 is 0 Å². The number of aromatic nitrogens is 4. The van der Waals surface area contributed by atoms with E-state index in [1.54, 1.807) is 7.05 Å². The number of hydrogen-bond acceptors (Lipinski definition) is 4. The Balaban J connectivity index is 1.49. The van der Waals surface area contributed by atoms with Crippen LogP contribution in [0.1, 0.15) is 49.7 Å². The van der Waals surface area contributed by atoms with Gasteiger partial charge in [-0.15, -0.1) is 0 Å². The first-order chi connectivity index (χ1) is 15.5. The van der Waals surface area contributed by atoms with Crippen LogP contribution < -0.4 is 5.32 Å². The number of nitrogens with one attached hydrogen (secondary N) is 3. The van der Waals surface area contributed by atoms with E-state index in [1.807, 2.05) is 12.4 Å². The number of likely N-dealkylation sites (N-methyl/N-ethyl adjacent to an activating group) is 1. The number of likely N-dealkylation sites (tertiary alicyclic amines) is 1. The number of piperidine rings is 1. The van der Waals surface area contributed by atoms with Gasteiger partial charge in [-0.2, -0.15) is 5.10 Å². The van der Waals surface area contributed by atoms with Crippen LogP contribution in [0, 0.1) is 0 Å². The Morgan fingerprint density at radius 1 is 1.22 bits per heavy atom. The summed E-state index contributed by atoms with van der Waals surface area (Å²) in [5.74, 6) is 0.993. The lowest BCUT2D eigenvalue weighted by Crippen LogP contribution is -2.40. The zero-order chi connectivity index (χ0) is 22.2. The van der Waals surface area contributed by atoms with Gasteiger partial charge in [0.2, 0.25) is 5.91 Å². The average Bonchev–Trinajstić information content (AvgIpc) is 3.43. The topological polar surface area (TPSA) is 89.7 Å². The van der Waals surface area contributed by atoms with Gasteiger partial charge < -0.3 is 10.3 Å². The molecule has 3 N–H and O–H groups in total. The standard InChI is InChI=1S/C25H30N6O/c1-15(2)23-19-12-17(16-7-10-31(11-8-16)14-22(32)26-3)4-5-21(19)29-24(23)18-6-9-27-25-20(18)13-28-30-25/h4-6,9,12-13,15-16,29H,7-8,10-11,14H2,1-3H3,(H,26,32)(H,27,28,30). The van der Waals surface area contributed by atoms with Gasteiger partial charge in [0.05, 0.1) is 18.4 Å². The fourth-order valence-electron chi connectivity index (χ4n) is 5.07. The molecule has 5 rings (SSSR count). The van der Waals surface area contributed by atoms with Crippen molar-refractivity contribution in [3.05, 3.63) is 47.8 Å². The summed E-state index contributed by atoms with van der Waals surface area (Å²) in [5.41, 5.74) is 6.99. The third-order valence-electron chi connectivity index (χ3n) is 6.77. The SMILES string of the molecule is CNC(=O)CN1CCC(c2ccc3[nH]c(-c4ccnc5[nH]ncc45)c(C(C)C)c3c2)CC1. The van der Waals surface area contributed by atoms with Crippen LogP contribution in [0.2, 0.25) is 0 Å². The highest BCUT2D eigenvalue weighted by Crippen LogP contribution is 2.39. The molecule has 0 unspecified atom stereocenters. The molecule has 1 saturated heterocycles. The molecule has 0 bridgehead atoms. The maximum absolute atomic E-state index is 11.7. The Labute approximate surface area is 187 Å². The second-order valence-electron chi connectivity index (χ2n) is 9.09. The van der Waals surface area contributed by atoms with Gasteiger partial charge in [-0.05, 0) is 67.1 Å². The minimum atomic E-state index is 0.0918. The Kier molecular flexibility index (Phi) is 5.43. The second-order valence-corrected chi connectivity index (χ2v) is 9.09. The van der Waals surface area contributed by atoms with Crippen molar-refractivity contribution in [2.24, 2.45) is 0 Å². The van der Waals surface area contributed by atoms with E-state index in [9.17, 15) is 4.79 Å². The van der Waals surface area contributed by atoms with Gasteiger partial charge in [-0.25, -0.2) is 4.98 Å². The van der Waals surface area contributed by atoms with E-state index in [-0.39, 0.29) is 5.91 Å². The van der Waals surface area contributed by atoms with E-state index >= 15 is 0 Å². The van der Waals surface area contributed by atoms with Crippen molar-refractivity contribution < 1.29 is 4.79 Å². The molecule has 1 aliphatic rings. The van der Waals surface area contributed by atoms with E-state index in [0.717, 1.165) is 53.7 Å². The van der Waals surface area contributed by atoms with Crippen LogP contribution in [0.15, 0.2) is 36.7 Å². The normalized spacial score (nSPS) is 15.8. The summed E-state index contributed by atoms with van der Waals surface area (Å²) in [6.45, 7) is 6.92. The van der Waals surface area contributed by atoms with Crippen LogP contribution >= 0.6 is 0 Å². The van der Waals surface area contributed by atoms with Crippen molar-refractivity contribution in [2.45, 2.75) is 38.5 Å². The van der Waals surface area contributed by atoms with E-state index in [2.05, 4.69) is 68.5 Å². The molecule has 4 heterocycles. The number of nitrogens with zero attached hydrogens (tertiary/aromatic N) is 3. The van der Waals surface area contributed by atoms with Gasteiger partial charge in [0, 0.05) is 35.1 Å². The number of rotatable bonds is 5. The fraction of sp³-hybridized carbons (Fsp3) is 0.400. The summed E-state index contributed by atoms with van der Waals surface area (Å²) in [6.07, 6.45) is 5.85. The molecule has 32 heavy (non-hydrogen) atoms. The summed E-state index contributed by atoms with van der Waals surface area (Å²) in [4.78, 5) is 22.0. The number of aromatic amines is 2. The predicted octanol–water partition coefficient (Wildman–Crippen LogP) is 4.16.